The van der Waals surface area contributed by atoms with Crippen LogP contribution in [0.15, 0.2) is 53.5 Å². The molecule has 2 aromatic carbocycles. The molecular weight excluding hydrogens is 358 g/mol. The monoisotopic (exact) mass is 381 g/mol. The summed E-state index contributed by atoms with van der Waals surface area (Å²) in [5, 5.41) is 4.69. The minimum absolute atomic E-state index is 0.0575. The molecule has 7 heteroatoms. The Morgan fingerprint density at radius 2 is 1.86 bits per heavy atom. The maximum atomic E-state index is 12.9. The molecule has 1 aromatic heterocycles. The van der Waals surface area contributed by atoms with Crippen LogP contribution in [0.5, 0.6) is 11.5 Å². The van der Waals surface area contributed by atoms with Crippen LogP contribution in [0.4, 0.5) is 0 Å². The molecule has 0 bridgehead atoms. The second kappa shape index (κ2) is 8.56. The van der Waals surface area contributed by atoms with Gasteiger partial charge >= 0.3 is 0 Å². The molecule has 0 saturated carbocycles. The van der Waals surface area contributed by atoms with Crippen molar-refractivity contribution in [1.29, 1.82) is 0 Å². The van der Waals surface area contributed by atoms with Gasteiger partial charge in [0, 0.05) is 18.5 Å². The molecule has 0 radical (unpaired) electrons. The number of rotatable bonds is 7. The van der Waals surface area contributed by atoms with Gasteiger partial charge in [0.25, 0.3) is 0 Å². The third-order valence-corrected chi connectivity index (χ3v) is 4.60. The first-order valence-corrected chi connectivity index (χ1v) is 9.01. The number of benzene rings is 2. The summed E-state index contributed by atoms with van der Waals surface area (Å²) in [4.78, 5) is 26.6. The molecule has 0 atom stereocenters. The number of nitrogens with zero attached hydrogens (tertiary/aromatic N) is 3. The fourth-order valence-corrected chi connectivity index (χ4v) is 3.09. The zero-order chi connectivity index (χ0) is 20.1. The minimum atomic E-state index is -0.156. The lowest BCUT2D eigenvalue weighted by Gasteiger charge is -2.22. The average Bonchev–Trinajstić information content (AvgIpc) is 2.73. The SMILES string of the molecule is CCN(Cc1ccc(OC)c(OC)c1)C(=O)Cn1ncc(=O)c2ccccc21. The molecule has 0 aliphatic heterocycles. The van der Waals surface area contributed by atoms with Gasteiger partial charge in [-0.05, 0) is 36.8 Å². The minimum Gasteiger partial charge on any atom is -0.493 e. The highest BCUT2D eigenvalue weighted by Crippen LogP contribution is 2.28. The van der Waals surface area contributed by atoms with E-state index < -0.39 is 0 Å². The normalized spacial score (nSPS) is 10.7. The number of ether oxygens (including phenoxy) is 2. The van der Waals surface area contributed by atoms with E-state index in [-0.39, 0.29) is 17.9 Å². The summed E-state index contributed by atoms with van der Waals surface area (Å²) >= 11 is 0. The first kappa shape index (κ1) is 19.4. The lowest BCUT2D eigenvalue weighted by atomic mass is 10.2. The summed E-state index contributed by atoms with van der Waals surface area (Å²) in [6, 6.07) is 12.7. The Hall–Kier alpha value is -3.35. The maximum absolute atomic E-state index is 12.9. The number of methoxy groups -OCH3 is 2. The Bertz CT molecular complexity index is 1050. The summed E-state index contributed by atoms with van der Waals surface area (Å²) < 4.78 is 12.2. The number of carbonyl (C=O) groups excluding carboxylic acids is 1. The van der Waals surface area contributed by atoms with Crippen LogP contribution in [-0.4, -0.2) is 41.4 Å². The van der Waals surface area contributed by atoms with Crippen molar-refractivity contribution in [2.24, 2.45) is 0 Å². The van der Waals surface area contributed by atoms with E-state index in [0.717, 1.165) is 5.56 Å². The molecule has 0 spiro atoms. The van der Waals surface area contributed by atoms with E-state index >= 15 is 0 Å². The third kappa shape index (κ3) is 3.98. The number of likely N-dealkylation sites (N-methyl/N-ethyl adjacent to an activating group) is 1. The summed E-state index contributed by atoms with van der Waals surface area (Å²) in [6.45, 7) is 2.97. The summed E-state index contributed by atoms with van der Waals surface area (Å²) in [5.74, 6) is 1.18. The molecule has 0 unspecified atom stereocenters. The van der Waals surface area contributed by atoms with Gasteiger partial charge in [0.1, 0.15) is 6.54 Å². The predicted octanol–water partition coefficient (Wildman–Crippen LogP) is 2.46. The molecule has 146 valence electrons. The molecule has 3 rings (SSSR count). The average molecular weight is 381 g/mol. The second-order valence-electron chi connectivity index (χ2n) is 6.28. The van der Waals surface area contributed by atoms with Gasteiger partial charge < -0.3 is 14.4 Å². The number of amides is 1. The van der Waals surface area contributed by atoms with E-state index in [1.807, 2.05) is 31.2 Å². The second-order valence-corrected chi connectivity index (χ2v) is 6.28. The molecular formula is C21H23N3O4. The van der Waals surface area contributed by atoms with Crippen molar-refractivity contribution >= 4 is 16.8 Å². The van der Waals surface area contributed by atoms with Gasteiger partial charge in [0.2, 0.25) is 11.3 Å². The lowest BCUT2D eigenvalue weighted by Crippen LogP contribution is -2.34. The van der Waals surface area contributed by atoms with E-state index in [2.05, 4.69) is 5.10 Å². The molecule has 7 nitrogen and oxygen atoms in total. The molecule has 3 aromatic rings. The van der Waals surface area contributed by atoms with Gasteiger partial charge in [-0.2, -0.15) is 5.10 Å². The van der Waals surface area contributed by atoms with Crippen molar-refractivity contribution in [1.82, 2.24) is 14.7 Å². The number of hydrogen-bond donors (Lipinski definition) is 0. The molecule has 1 heterocycles. The first-order valence-electron chi connectivity index (χ1n) is 9.01. The first-order chi connectivity index (χ1) is 13.6. The fourth-order valence-electron chi connectivity index (χ4n) is 3.09. The van der Waals surface area contributed by atoms with Gasteiger partial charge in [-0.3, -0.25) is 14.3 Å². The Morgan fingerprint density at radius 3 is 2.57 bits per heavy atom. The smallest absolute Gasteiger partial charge is 0.244 e. The Kier molecular flexibility index (Phi) is 5.93. The zero-order valence-electron chi connectivity index (χ0n) is 16.2. The number of aromatic nitrogens is 2. The van der Waals surface area contributed by atoms with Crippen molar-refractivity contribution in [2.75, 3.05) is 20.8 Å². The molecule has 0 saturated heterocycles. The standard InChI is InChI=1S/C21H23N3O4/c1-4-23(13-15-9-10-19(27-2)20(11-15)28-3)21(26)14-24-17-8-6-5-7-16(17)18(25)12-22-24/h5-12H,4,13-14H2,1-3H3. The third-order valence-electron chi connectivity index (χ3n) is 4.60. The quantitative estimate of drug-likeness (QED) is 0.629. The largest absolute Gasteiger partial charge is 0.493 e. The van der Waals surface area contributed by atoms with E-state index in [4.69, 9.17) is 9.47 Å². The van der Waals surface area contributed by atoms with E-state index in [1.165, 1.54) is 6.20 Å². The van der Waals surface area contributed by atoms with E-state index in [0.29, 0.717) is 35.5 Å². The molecule has 0 aliphatic rings. The van der Waals surface area contributed by atoms with Gasteiger partial charge in [-0.15, -0.1) is 0 Å². The van der Waals surface area contributed by atoms with Crippen LogP contribution in [0.1, 0.15) is 12.5 Å². The highest BCUT2D eigenvalue weighted by Gasteiger charge is 2.16. The van der Waals surface area contributed by atoms with Crippen molar-refractivity contribution < 1.29 is 14.3 Å². The molecule has 1 amide bonds. The van der Waals surface area contributed by atoms with E-state index in [1.54, 1.807) is 42.0 Å². The van der Waals surface area contributed by atoms with Crippen molar-refractivity contribution in [3.8, 4) is 11.5 Å². The topological polar surface area (TPSA) is 73.7 Å². The number of carbonyl (C=O) groups is 1. The van der Waals surface area contributed by atoms with Crippen LogP contribution in [-0.2, 0) is 17.9 Å². The van der Waals surface area contributed by atoms with Crippen molar-refractivity contribution in [3.05, 3.63) is 64.4 Å². The fraction of sp³-hybridized carbons (Fsp3) is 0.286. The van der Waals surface area contributed by atoms with Gasteiger partial charge in [0.05, 0.1) is 25.9 Å². The highest BCUT2D eigenvalue weighted by molar-refractivity contribution is 5.81. The highest BCUT2D eigenvalue weighted by atomic mass is 16.5. The molecule has 0 fully saturated rings. The van der Waals surface area contributed by atoms with Crippen molar-refractivity contribution in [3.63, 3.8) is 0 Å². The molecule has 0 N–H and O–H groups in total. The van der Waals surface area contributed by atoms with Crippen LogP contribution >= 0.6 is 0 Å². The summed E-state index contributed by atoms with van der Waals surface area (Å²) in [7, 11) is 3.17. The van der Waals surface area contributed by atoms with Crippen LogP contribution in [0.25, 0.3) is 10.9 Å². The Labute approximate surface area is 163 Å². The predicted molar refractivity (Wildman–Crippen MR) is 107 cm³/mol. The van der Waals surface area contributed by atoms with Crippen LogP contribution < -0.4 is 14.9 Å². The number of para-hydroxylation sites is 1. The van der Waals surface area contributed by atoms with Crippen LogP contribution in [0.2, 0.25) is 0 Å². The van der Waals surface area contributed by atoms with Crippen LogP contribution in [0, 0.1) is 0 Å². The molecule has 28 heavy (non-hydrogen) atoms. The van der Waals surface area contributed by atoms with Gasteiger partial charge in [-0.1, -0.05) is 18.2 Å². The Balaban J connectivity index is 1.81. The van der Waals surface area contributed by atoms with Gasteiger partial charge in [-0.25, -0.2) is 0 Å². The molecule has 0 aliphatic carbocycles. The van der Waals surface area contributed by atoms with E-state index in [9.17, 15) is 9.59 Å². The van der Waals surface area contributed by atoms with Crippen LogP contribution in [0.3, 0.4) is 0 Å². The lowest BCUT2D eigenvalue weighted by molar-refractivity contribution is -0.132. The van der Waals surface area contributed by atoms with Gasteiger partial charge in [0.15, 0.2) is 11.5 Å². The number of hydrogen-bond acceptors (Lipinski definition) is 5. The van der Waals surface area contributed by atoms with Crippen molar-refractivity contribution in [2.45, 2.75) is 20.0 Å². The Morgan fingerprint density at radius 1 is 1.11 bits per heavy atom. The number of fused-ring (bicyclic) bond motifs is 1. The summed E-state index contributed by atoms with van der Waals surface area (Å²) in [6.07, 6.45) is 1.25. The zero-order valence-corrected chi connectivity index (χ0v) is 16.2. The maximum Gasteiger partial charge on any atom is 0.244 e. The summed E-state index contributed by atoms with van der Waals surface area (Å²) in [5.41, 5.74) is 1.42.